The molecule has 0 saturated heterocycles. The van der Waals surface area contributed by atoms with E-state index in [9.17, 15) is 15.4 Å². The summed E-state index contributed by atoms with van der Waals surface area (Å²) in [5, 5.41) is 20.6. The number of hydrogen-bond donors (Lipinski definition) is 0. The molecule has 0 aliphatic rings. The maximum atomic E-state index is 11.0. The second kappa shape index (κ2) is 10.2. The Labute approximate surface area is 203 Å². The molecule has 30 heavy (non-hydrogen) atoms. The summed E-state index contributed by atoms with van der Waals surface area (Å²) in [6.07, 6.45) is 1.68. The van der Waals surface area contributed by atoms with Gasteiger partial charge in [0.2, 0.25) is 0 Å². The van der Waals surface area contributed by atoms with Crippen LogP contribution in [-0.4, -0.2) is 4.92 Å². The zero-order valence-electron chi connectivity index (χ0n) is 15.3. The van der Waals surface area contributed by atoms with Crippen molar-refractivity contribution in [3.63, 3.8) is 0 Å². The van der Waals surface area contributed by atoms with E-state index in [2.05, 4.69) is 60.5 Å². The third kappa shape index (κ3) is 5.68. The molecule has 3 rings (SSSR count). The van der Waals surface area contributed by atoms with Crippen molar-refractivity contribution in [2.45, 2.75) is 6.61 Å². The van der Waals surface area contributed by atoms with Crippen LogP contribution >= 0.6 is 54.5 Å². The summed E-state index contributed by atoms with van der Waals surface area (Å²) in [6, 6.07) is 19.9. The Hall–Kier alpha value is -2.22. The minimum Gasteiger partial charge on any atom is -0.487 e. The lowest BCUT2D eigenvalue weighted by Crippen LogP contribution is -1.97. The Balaban J connectivity index is 1.86. The molecule has 0 N–H and O–H groups in total. The summed E-state index contributed by atoms with van der Waals surface area (Å²) in [6.45, 7) is 0.417. The molecular formula is C22H13Br2IN2O3. The van der Waals surface area contributed by atoms with Crippen LogP contribution in [0.15, 0.2) is 69.6 Å². The van der Waals surface area contributed by atoms with Crippen molar-refractivity contribution in [2.75, 3.05) is 0 Å². The molecule has 0 bridgehead atoms. The van der Waals surface area contributed by atoms with Gasteiger partial charge in [-0.1, -0.05) is 24.3 Å². The number of benzene rings is 3. The highest BCUT2D eigenvalue weighted by Gasteiger charge is 2.12. The van der Waals surface area contributed by atoms with Crippen LogP contribution in [0.3, 0.4) is 0 Å². The minimum atomic E-state index is -0.481. The molecule has 3 aromatic rings. The fourth-order valence-electron chi connectivity index (χ4n) is 2.67. The monoisotopic (exact) mass is 638 g/mol. The lowest BCUT2D eigenvalue weighted by molar-refractivity contribution is -0.384. The third-order valence-electron chi connectivity index (χ3n) is 4.12. The predicted octanol–water partition coefficient (Wildman–Crippen LogP) is 7.37. The molecule has 3 aromatic carbocycles. The van der Waals surface area contributed by atoms with Crippen molar-refractivity contribution in [1.29, 1.82) is 5.26 Å². The smallest absolute Gasteiger partial charge is 0.270 e. The maximum Gasteiger partial charge on any atom is 0.270 e. The number of rotatable bonds is 6. The number of nitrogens with zero attached hydrogens (tertiary/aromatic N) is 2. The molecule has 5 nitrogen and oxygen atoms in total. The van der Waals surface area contributed by atoms with Gasteiger partial charge in [-0.05, 0) is 101 Å². The summed E-state index contributed by atoms with van der Waals surface area (Å²) in [7, 11) is 0. The second-order valence-electron chi connectivity index (χ2n) is 6.21. The average Bonchev–Trinajstić information content (AvgIpc) is 2.72. The van der Waals surface area contributed by atoms with Crippen LogP contribution in [0.1, 0.15) is 16.7 Å². The van der Waals surface area contributed by atoms with Gasteiger partial charge in [0.15, 0.2) is 0 Å². The van der Waals surface area contributed by atoms with Gasteiger partial charge in [-0.2, -0.15) is 5.26 Å². The van der Waals surface area contributed by atoms with Gasteiger partial charge < -0.3 is 4.74 Å². The molecule has 0 amide bonds. The topological polar surface area (TPSA) is 76.2 Å². The minimum absolute atomic E-state index is 0.0599. The van der Waals surface area contributed by atoms with Crippen LogP contribution in [0.2, 0.25) is 0 Å². The normalized spacial score (nSPS) is 11.1. The number of ether oxygens (including phenoxy) is 1. The summed E-state index contributed by atoms with van der Waals surface area (Å²) in [5.41, 5.74) is 2.55. The van der Waals surface area contributed by atoms with Crippen LogP contribution in [0, 0.1) is 25.0 Å². The molecule has 0 radical (unpaired) electrons. The largest absolute Gasteiger partial charge is 0.487 e. The summed E-state index contributed by atoms with van der Waals surface area (Å²) in [4.78, 5) is 10.5. The number of halogens is 3. The van der Waals surface area contributed by atoms with Crippen molar-refractivity contribution in [1.82, 2.24) is 0 Å². The molecule has 0 saturated carbocycles. The van der Waals surface area contributed by atoms with E-state index in [-0.39, 0.29) is 5.69 Å². The zero-order chi connectivity index (χ0) is 21.7. The van der Waals surface area contributed by atoms with Crippen LogP contribution in [-0.2, 0) is 6.61 Å². The van der Waals surface area contributed by atoms with Crippen molar-refractivity contribution >= 4 is 71.8 Å². The van der Waals surface area contributed by atoms with E-state index in [1.54, 1.807) is 18.2 Å². The number of nitro groups is 1. The Kier molecular flexibility index (Phi) is 7.64. The van der Waals surface area contributed by atoms with Crippen molar-refractivity contribution in [3.8, 4) is 11.8 Å². The van der Waals surface area contributed by atoms with Gasteiger partial charge in [-0.3, -0.25) is 10.1 Å². The standard InChI is InChI=1S/C22H13Br2IN2O3/c23-20-9-15(8-17(12-26)16-2-1-3-19(11-16)27(28)29)10-21(24)22(20)30-13-14-4-6-18(25)7-5-14/h1-11H,13H2/b17-8-. The van der Waals surface area contributed by atoms with Gasteiger partial charge in [0.1, 0.15) is 12.4 Å². The third-order valence-corrected chi connectivity index (χ3v) is 6.01. The summed E-state index contributed by atoms with van der Waals surface area (Å²) < 4.78 is 8.56. The molecule has 0 unspecified atom stereocenters. The molecular weight excluding hydrogens is 627 g/mol. The molecule has 0 aromatic heterocycles. The molecule has 0 heterocycles. The SMILES string of the molecule is N#C/C(=C/c1cc(Br)c(OCc2ccc(I)cc2)c(Br)c1)c1cccc([N+](=O)[O-])c1. The van der Waals surface area contributed by atoms with Crippen LogP contribution in [0.5, 0.6) is 5.75 Å². The highest BCUT2D eigenvalue weighted by Crippen LogP contribution is 2.36. The van der Waals surface area contributed by atoms with E-state index in [4.69, 9.17) is 4.74 Å². The van der Waals surface area contributed by atoms with Crippen molar-refractivity contribution < 1.29 is 9.66 Å². The highest BCUT2D eigenvalue weighted by atomic mass is 127. The molecule has 8 heteroatoms. The number of nitriles is 1. The Bertz CT molecular complexity index is 1150. The Morgan fingerprint density at radius 2 is 1.80 bits per heavy atom. The fraction of sp³-hybridized carbons (Fsp3) is 0.0455. The molecule has 0 spiro atoms. The van der Waals surface area contributed by atoms with E-state index in [0.717, 1.165) is 23.6 Å². The van der Waals surface area contributed by atoms with E-state index in [0.29, 0.717) is 23.5 Å². The first kappa shape index (κ1) is 22.5. The molecule has 0 aliphatic heterocycles. The van der Waals surface area contributed by atoms with Gasteiger partial charge >= 0.3 is 0 Å². The van der Waals surface area contributed by atoms with E-state index in [1.807, 2.05) is 36.4 Å². The first-order chi connectivity index (χ1) is 14.4. The highest BCUT2D eigenvalue weighted by molar-refractivity contribution is 14.1. The number of allylic oxidation sites excluding steroid dienone is 1. The van der Waals surface area contributed by atoms with Gasteiger partial charge in [0.05, 0.1) is 25.5 Å². The summed E-state index contributed by atoms with van der Waals surface area (Å²) in [5.74, 6) is 0.652. The first-order valence-corrected chi connectivity index (χ1v) is 11.3. The molecule has 0 atom stereocenters. The van der Waals surface area contributed by atoms with Crippen molar-refractivity contribution in [3.05, 3.63) is 100.0 Å². The van der Waals surface area contributed by atoms with E-state index < -0.39 is 4.92 Å². The second-order valence-corrected chi connectivity index (χ2v) is 9.16. The molecule has 0 aliphatic carbocycles. The number of hydrogen-bond acceptors (Lipinski definition) is 4. The number of nitro benzene ring substituents is 1. The van der Waals surface area contributed by atoms with Crippen LogP contribution in [0.25, 0.3) is 11.6 Å². The van der Waals surface area contributed by atoms with E-state index >= 15 is 0 Å². The molecule has 0 fully saturated rings. The van der Waals surface area contributed by atoms with Crippen LogP contribution in [0.4, 0.5) is 5.69 Å². The Morgan fingerprint density at radius 1 is 1.13 bits per heavy atom. The zero-order valence-corrected chi connectivity index (χ0v) is 20.6. The predicted molar refractivity (Wildman–Crippen MR) is 132 cm³/mol. The lowest BCUT2D eigenvalue weighted by Gasteiger charge is -2.12. The van der Waals surface area contributed by atoms with Crippen molar-refractivity contribution in [2.24, 2.45) is 0 Å². The van der Waals surface area contributed by atoms with Gasteiger partial charge in [-0.25, -0.2) is 0 Å². The van der Waals surface area contributed by atoms with Gasteiger partial charge in [-0.15, -0.1) is 0 Å². The first-order valence-electron chi connectivity index (χ1n) is 8.60. The van der Waals surface area contributed by atoms with Gasteiger partial charge in [0.25, 0.3) is 5.69 Å². The quantitative estimate of drug-likeness (QED) is 0.0928. The molecule has 150 valence electrons. The summed E-state index contributed by atoms with van der Waals surface area (Å²) >= 11 is 9.30. The van der Waals surface area contributed by atoms with Crippen LogP contribution < -0.4 is 4.74 Å². The maximum absolute atomic E-state index is 11.0. The fourth-order valence-corrected chi connectivity index (χ4v) is 4.48. The number of non-ortho nitro benzene ring substituents is 1. The lowest BCUT2D eigenvalue weighted by atomic mass is 10.0. The van der Waals surface area contributed by atoms with Gasteiger partial charge in [0, 0.05) is 15.7 Å². The van der Waals surface area contributed by atoms with E-state index in [1.165, 1.54) is 12.1 Å². The average molecular weight is 640 g/mol. The Morgan fingerprint density at radius 3 is 2.40 bits per heavy atom.